The second kappa shape index (κ2) is 8.24. The van der Waals surface area contributed by atoms with E-state index in [1.54, 1.807) is 68.8 Å². The molecule has 1 N–H and O–H groups in total. The molecule has 1 amide bonds. The lowest BCUT2D eigenvalue weighted by Gasteiger charge is -2.20. The first kappa shape index (κ1) is 18.9. The highest BCUT2D eigenvalue weighted by Gasteiger charge is 2.20. The highest BCUT2D eigenvalue weighted by molar-refractivity contribution is 6.30. The van der Waals surface area contributed by atoms with E-state index in [0.29, 0.717) is 22.1 Å². The summed E-state index contributed by atoms with van der Waals surface area (Å²) in [6, 6.07) is 15.7. The summed E-state index contributed by atoms with van der Waals surface area (Å²) in [7, 11) is 3.18. The van der Waals surface area contributed by atoms with Gasteiger partial charge in [0, 0.05) is 23.7 Å². The van der Waals surface area contributed by atoms with Gasteiger partial charge in [0.15, 0.2) is 11.5 Å². The average Bonchev–Trinajstić information content (AvgIpc) is 3.18. The minimum Gasteiger partial charge on any atom is -0.497 e. The molecule has 1 atom stereocenters. The van der Waals surface area contributed by atoms with E-state index in [2.05, 4.69) is 5.16 Å². The van der Waals surface area contributed by atoms with Crippen LogP contribution in [0, 0.1) is 0 Å². The molecule has 1 aromatic heterocycles. The van der Waals surface area contributed by atoms with Crippen molar-refractivity contribution in [1.82, 2.24) is 10.1 Å². The molecule has 0 radical (unpaired) electrons. The number of aromatic nitrogens is 1. The predicted molar refractivity (Wildman–Crippen MR) is 102 cm³/mol. The average molecular weight is 387 g/mol. The van der Waals surface area contributed by atoms with Crippen molar-refractivity contribution in [3.63, 3.8) is 0 Å². The number of methoxy groups -OCH3 is 1. The monoisotopic (exact) mass is 386 g/mol. The lowest BCUT2D eigenvalue weighted by Crippen LogP contribution is -2.31. The molecule has 140 valence electrons. The van der Waals surface area contributed by atoms with Crippen molar-refractivity contribution in [3.8, 4) is 17.1 Å². The summed E-state index contributed by atoms with van der Waals surface area (Å²) < 4.78 is 10.4. The van der Waals surface area contributed by atoms with Gasteiger partial charge in [-0.15, -0.1) is 0 Å². The van der Waals surface area contributed by atoms with Gasteiger partial charge in [0.2, 0.25) is 0 Å². The normalized spacial score (nSPS) is 11.9. The summed E-state index contributed by atoms with van der Waals surface area (Å²) >= 11 is 5.87. The minimum atomic E-state index is -0.826. The Bertz CT molecular complexity index is 906. The summed E-state index contributed by atoms with van der Waals surface area (Å²) in [5.74, 6) is 0.832. The second-order valence-electron chi connectivity index (χ2n) is 6.06. The third kappa shape index (κ3) is 4.48. The fourth-order valence-electron chi connectivity index (χ4n) is 2.60. The van der Waals surface area contributed by atoms with Gasteiger partial charge >= 0.3 is 0 Å². The predicted octanol–water partition coefficient (Wildman–Crippen LogP) is 3.81. The molecule has 7 heteroatoms. The summed E-state index contributed by atoms with van der Waals surface area (Å²) in [5.41, 5.74) is 1.63. The van der Waals surface area contributed by atoms with Crippen molar-refractivity contribution in [1.29, 1.82) is 0 Å². The molecule has 1 unspecified atom stereocenters. The fourth-order valence-corrected chi connectivity index (χ4v) is 2.72. The number of aliphatic hydroxyl groups excluding tert-OH is 1. The standard InChI is InChI=1S/C20H19ClN2O4/c1-23(12-18(24)13-5-9-16(26-2)10-6-13)20(25)17-11-19(27-22-17)14-3-7-15(21)8-4-14/h3-11,18,24H,12H2,1-2H3. The number of hydrogen-bond donors (Lipinski definition) is 1. The number of carbonyl (C=O) groups is 1. The van der Waals surface area contributed by atoms with Gasteiger partial charge in [-0.1, -0.05) is 28.9 Å². The first-order chi connectivity index (χ1) is 13.0. The van der Waals surface area contributed by atoms with Crippen LogP contribution in [0.3, 0.4) is 0 Å². The van der Waals surface area contributed by atoms with Crippen molar-refractivity contribution in [2.45, 2.75) is 6.10 Å². The van der Waals surface area contributed by atoms with E-state index in [9.17, 15) is 9.90 Å². The Kier molecular flexibility index (Phi) is 5.78. The Morgan fingerprint density at radius 3 is 2.52 bits per heavy atom. The molecule has 0 saturated heterocycles. The Labute approximate surface area is 161 Å². The van der Waals surface area contributed by atoms with Crippen molar-refractivity contribution in [2.24, 2.45) is 0 Å². The van der Waals surface area contributed by atoms with Crippen molar-refractivity contribution in [3.05, 3.63) is 70.9 Å². The van der Waals surface area contributed by atoms with Gasteiger partial charge in [0.1, 0.15) is 5.75 Å². The molecule has 3 rings (SSSR count). The van der Waals surface area contributed by atoms with Crippen LogP contribution in [0.2, 0.25) is 5.02 Å². The van der Waals surface area contributed by atoms with Crippen molar-refractivity contribution in [2.75, 3.05) is 20.7 Å². The number of carbonyl (C=O) groups excluding carboxylic acids is 1. The van der Waals surface area contributed by atoms with Crippen LogP contribution in [0.5, 0.6) is 5.75 Å². The van der Waals surface area contributed by atoms with Crippen LogP contribution in [0.25, 0.3) is 11.3 Å². The van der Waals surface area contributed by atoms with Crippen LogP contribution < -0.4 is 4.74 Å². The lowest BCUT2D eigenvalue weighted by atomic mass is 10.1. The van der Waals surface area contributed by atoms with E-state index >= 15 is 0 Å². The van der Waals surface area contributed by atoms with Gasteiger partial charge < -0.3 is 19.3 Å². The van der Waals surface area contributed by atoms with Gasteiger partial charge in [-0.2, -0.15) is 0 Å². The highest BCUT2D eigenvalue weighted by atomic mass is 35.5. The van der Waals surface area contributed by atoms with Crippen LogP contribution in [0.1, 0.15) is 22.2 Å². The number of rotatable bonds is 6. The Hall–Kier alpha value is -2.83. The highest BCUT2D eigenvalue weighted by Crippen LogP contribution is 2.23. The zero-order valence-electron chi connectivity index (χ0n) is 14.9. The van der Waals surface area contributed by atoms with Crippen molar-refractivity contribution < 1.29 is 19.2 Å². The first-order valence-corrected chi connectivity index (χ1v) is 8.66. The number of nitrogens with zero attached hydrogens (tertiary/aromatic N) is 2. The molecule has 0 spiro atoms. The zero-order valence-corrected chi connectivity index (χ0v) is 15.7. The van der Waals surface area contributed by atoms with Gasteiger partial charge in [-0.3, -0.25) is 4.79 Å². The number of likely N-dealkylation sites (N-methyl/N-ethyl adjacent to an activating group) is 1. The molecule has 27 heavy (non-hydrogen) atoms. The quantitative estimate of drug-likeness (QED) is 0.697. The van der Waals surface area contributed by atoms with Gasteiger partial charge in [0.05, 0.1) is 19.8 Å². The smallest absolute Gasteiger partial charge is 0.275 e. The van der Waals surface area contributed by atoms with E-state index in [1.807, 2.05) is 0 Å². The molecule has 0 aliphatic carbocycles. The van der Waals surface area contributed by atoms with Gasteiger partial charge in [-0.25, -0.2) is 0 Å². The van der Waals surface area contributed by atoms with E-state index in [-0.39, 0.29) is 18.1 Å². The van der Waals surface area contributed by atoms with Crippen LogP contribution in [0.4, 0.5) is 0 Å². The maximum absolute atomic E-state index is 12.6. The first-order valence-electron chi connectivity index (χ1n) is 8.28. The third-order valence-electron chi connectivity index (χ3n) is 4.15. The molecule has 2 aromatic carbocycles. The molecular weight excluding hydrogens is 368 g/mol. The molecule has 3 aromatic rings. The molecule has 0 bridgehead atoms. The molecule has 1 heterocycles. The largest absolute Gasteiger partial charge is 0.497 e. The number of ether oxygens (including phenoxy) is 1. The summed E-state index contributed by atoms with van der Waals surface area (Å²) in [5, 5.41) is 14.8. The molecule has 0 aliphatic rings. The van der Waals surface area contributed by atoms with Crippen LogP contribution in [-0.4, -0.2) is 41.8 Å². The number of benzene rings is 2. The number of halogens is 1. The van der Waals surface area contributed by atoms with E-state index in [0.717, 1.165) is 5.56 Å². The summed E-state index contributed by atoms with van der Waals surface area (Å²) in [6.45, 7) is 0.119. The number of amides is 1. The molecule has 0 aliphatic heterocycles. The lowest BCUT2D eigenvalue weighted by molar-refractivity contribution is 0.0671. The van der Waals surface area contributed by atoms with Crippen molar-refractivity contribution >= 4 is 17.5 Å². The van der Waals surface area contributed by atoms with Crippen LogP contribution in [-0.2, 0) is 0 Å². The fraction of sp³-hybridized carbons (Fsp3) is 0.200. The second-order valence-corrected chi connectivity index (χ2v) is 6.49. The van der Waals surface area contributed by atoms with Gasteiger partial charge in [0.25, 0.3) is 5.91 Å². The topological polar surface area (TPSA) is 75.8 Å². The van der Waals surface area contributed by atoms with E-state index < -0.39 is 6.10 Å². The molecule has 6 nitrogen and oxygen atoms in total. The molecule has 0 saturated carbocycles. The molecule has 0 fully saturated rings. The third-order valence-corrected chi connectivity index (χ3v) is 4.40. The molecular formula is C20H19ClN2O4. The number of hydrogen-bond acceptors (Lipinski definition) is 5. The summed E-state index contributed by atoms with van der Waals surface area (Å²) in [6.07, 6.45) is -0.826. The van der Waals surface area contributed by atoms with Gasteiger partial charge in [-0.05, 0) is 42.0 Å². The zero-order chi connectivity index (χ0) is 19.4. The van der Waals surface area contributed by atoms with E-state index in [1.165, 1.54) is 4.90 Å². The Morgan fingerprint density at radius 1 is 1.22 bits per heavy atom. The summed E-state index contributed by atoms with van der Waals surface area (Å²) in [4.78, 5) is 14.0. The maximum atomic E-state index is 12.6. The van der Waals surface area contributed by atoms with E-state index in [4.69, 9.17) is 20.9 Å². The minimum absolute atomic E-state index is 0.119. The number of aliphatic hydroxyl groups is 1. The SMILES string of the molecule is COc1ccc(C(O)CN(C)C(=O)c2cc(-c3ccc(Cl)cc3)on2)cc1. The Balaban J connectivity index is 1.67. The van der Waals surface area contributed by atoms with Crippen LogP contribution in [0.15, 0.2) is 59.1 Å². The van der Waals surface area contributed by atoms with Crippen LogP contribution >= 0.6 is 11.6 Å². The maximum Gasteiger partial charge on any atom is 0.275 e. The Morgan fingerprint density at radius 2 is 1.89 bits per heavy atom.